The number of fused-ring (bicyclic) bond motifs is 9. The molecule has 3 saturated carbocycles. The van der Waals surface area contributed by atoms with E-state index in [-0.39, 0.29) is 103 Å². The fraction of sp³-hybridized carbons (Fsp3) is 0.420. The molecule has 3 N–H and O–H groups in total. The molecule has 18 rings (SSSR count). The third-order valence-electron chi connectivity index (χ3n) is 24.9. The first-order valence-corrected chi connectivity index (χ1v) is 34.1. The number of hydrogen-bond donors (Lipinski definition) is 3. The number of carbonyl (C=O) groups excluding carboxylic acids is 2. The zero-order valence-electron chi connectivity index (χ0n) is 52.5. The summed E-state index contributed by atoms with van der Waals surface area (Å²) in [6.07, 6.45) is 28.6. The summed E-state index contributed by atoms with van der Waals surface area (Å²) in [7, 11) is 1.53. The minimum Gasteiger partial charge on any atom is -0.482 e. The van der Waals surface area contributed by atoms with Gasteiger partial charge in [-0.1, -0.05) is 140 Å². The molecule has 3 aliphatic heterocycles. The van der Waals surface area contributed by atoms with E-state index in [1.165, 1.54) is 62.8 Å². The van der Waals surface area contributed by atoms with Crippen molar-refractivity contribution in [2.45, 2.75) is 150 Å². The quantitative estimate of drug-likeness (QED) is 0.0604. The van der Waals surface area contributed by atoms with Gasteiger partial charge in [0.25, 0.3) is 0 Å². The zero-order valence-corrected chi connectivity index (χ0v) is 52.5. The van der Waals surface area contributed by atoms with Crippen LogP contribution >= 0.6 is 0 Å². The van der Waals surface area contributed by atoms with Gasteiger partial charge in [-0.2, -0.15) is 0 Å². The first kappa shape index (κ1) is 58.2. The molecule has 11 nitrogen and oxygen atoms in total. The molecule has 1 aromatic heterocycles. The fourth-order valence-electron chi connectivity index (χ4n) is 21.1. The largest absolute Gasteiger partial charge is 0.482 e. The Hall–Kier alpha value is -7.67. The number of benzene rings is 5. The van der Waals surface area contributed by atoms with E-state index in [0.717, 1.165) is 56.1 Å². The fourth-order valence-corrected chi connectivity index (χ4v) is 21.1. The number of methoxy groups -OCH3 is 1. The number of aryl methyl sites for hydroxylation is 2. The van der Waals surface area contributed by atoms with Gasteiger partial charge >= 0.3 is 17.6 Å². The summed E-state index contributed by atoms with van der Waals surface area (Å²) in [6.45, 7) is 0.731. The van der Waals surface area contributed by atoms with E-state index < -0.39 is 53.3 Å². The van der Waals surface area contributed by atoms with Crippen molar-refractivity contribution in [2.75, 3.05) is 26.9 Å². The van der Waals surface area contributed by atoms with Gasteiger partial charge in [-0.15, -0.1) is 0 Å². The van der Waals surface area contributed by atoms with Gasteiger partial charge in [0.2, 0.25) is 0 Å². The molecule has 2 spiro atoms. The molecule has 9 bridgehead atoms. The maximum Gasteiger partial charge on any atom is 0.340 e. The number of aliphatic hydroxyl groups excluding tert-OH is 3. The van der Waals surface area contributed by atoms with Gasteiger partial charge in [-0.05, 0) is 209 Å². The SMILES string of the molecule is COCC(CCO)c1c(CO)c2ccc3c(c2oc1=O)C1OC(=O)CC2CC4C=CC2c2cc5c(cc2C=CC2=CC6CCCC7C=Cc8ccccc8C76c6cccc4c62)CCC(=C(C)CO)C(=O)OC1C1(CCCC2(CC5)C4C=Cc5ccccc5C4CC21)O3. The van der Waals surface area contributed by atoms with Crippen LogP contribution in [0.3, 0.4) is 0 Å². The molecule has 92 heavy (non-hydrogen) atoms. The van der Waals surface area contributed by atoms with Crippen molar-refractivity contribution in [2.24, 2.45) is 35.0 Å². The number of hydrogen-bond acceptors (Lipinski definition) is 11. The summed E-state index contributed by atoms with van der Waals surface area (Å²) in [6, 6.07) is 33.4. The van der Waals surface area contributed by atoms with Crippen molar-refractivity contribution >= 4 is 46.7 Å². The lowest BCUT2D eigenvalue weighted by atomic mass is 9.48. The molecule has 14 unspecified atom stereocenters. The second-order valence-corrected chi connectivity index (χ2v) is 28.8. The lowest BCUT2D eigenvalue weighted by Crippen LogP contribution is -2.65. The third-order valence-corrected chi connectivity index (χ3v) is 24.9. The van der Waals surface area contributed by atoms with Crippen LogP contribution in [0.15, 0.2) is 148 Å². The zero-order chi connectivity index (χ0) is 62.4. The smallest absolute Gasteiger partial charge is 0.340 e. The van der Waals surface area contributed by atoms with E-state index >= 15 is 9.59 Å². The molecular weight excluding hydrogens is 1150 g/mol. The summed E-state index contributed by atoms with van der Waals surface area (Å²) < 4.78 is 34.8. The van der Waals surface area contributed by atoms with Gasteiger partial charge in [0.05, 0.1) is 25.4 Å². The van der Waals surface area contributed by atoms with Gasteiger partial charge in [0.15, 0.2) is 17.8 Å². The topological polar surface area (TPSA) is 162 Å². The van der Waals surface area contributed by atoms with Crippen LogP contribution in [0.25, 0.3) is 34.8 Å². The summed E-state index contributed by atoms with van der Waals surface area (Å²) in [5.41, 5.74) is 14.0. The highest BCUT2D eigenvalue weighted by molar-refractivity contribution is 5.91. The number of esters is 2. The lowest BCUT2D eigenvalue weighted by molar-refractivity contribution is -0.221. The number of allylic oxidation sites excluding steroid dienone is 7. The van der Waals surface area contributed by atoms with Crippen molar-refractivity contribution in [3.8, 4) is 5.75 Å². The van der Waals surface area contributed by atoms with Crippen molar-refractivity contribution < 1.29 is 48.3 Å². The highest BCUT2D eigenvalue weighted by atomic mass is 16.6. The Bertz CT molecular complexity index is 4340. The summed E-state index contributed by atoms with van der Waals surface area (Å²) >= 11 is 0. The minimum absolute atomic E-state index is 0.0184. The molecule has 12 aliphatic rings. The minimum atomic E-state index is -1.36. The van der Waals surface area contributed by atoms with Gasteiger partial charge in [0, 0.05) is 65.7 Å². The van der Waals surface area contributed by atoms with E-state index in [0.29, 0.717) is 59.4 Å². The Labute approximate surface area is 537 Å². The van der Waals surface area contributed by atoms with Crippen LogP contribution in [0.1, 0.15) is 192 Å². The first-order valence-electron chi connectivity index (χ1n) is 34.1. The first-order chi connectivity index (χ1) is 45.0. The van der Waals surface area contributed by atoms with Crippen LogP contribution in [0.2, 0.25) is 0 Å². The second-order valence-electron chi connectivity index (χ2n) is 28.8. The summed E-state index contributed by atoms with van der Waals surface area (Å²) in [5, 5.41) is 33.3. The Balaban J connectivity index is 0.922. The monoisotopic (exact) mass is 1230 g/mol. The molecule has 5 aromatic carbocycles. The van der Waals surface area contributed by atoms with Crippen molar-refractivity contribution in [3.05, 3.63) is 227 Å². The molecule has 6 aromatic rings. The van der Waals surface area contributed by atoms with Crippen LogP contribution in [0.5, 0.6) is 5.75 Å². The molecular formula is C81H80O11. The predicted octanol–water partition coefficient (Wildman–Crippen LogP) is 14.5. The Morgan fingerprint density at radius 2 is 1.55 bits per heavy atom. The predicted molar refractivity (Wildman–Crippen MR) is 354 cm³/mol. The molecule has 9 aliphatic carbocycles. The Morgan fingerprint density at radius 3 is 2.41 bits per heavy atom. The summed E-state index contributed by atoms with van der Waals surface area (Å²) in [5.74, 6) is -1.30. The molecule has 0 amide bonds. The van der Waals surface area contributed by atoms with Crippen molar-refractivity contribution in [1.82, 2.24) is 0 Å². The Kier molecular flexibility index (Phi) is 14.1. The standard InChI is InChI=1S/C81H80O11/c1-45(42-83)57-25-21-48-36-51-18-19-52-38-56-13-7-12-55-24-20-47-11-4-6-16-65(47)81(55,56)67-17-8-15-60(71(52)67)50-22-26-59-54(37-50)40-70(85)89-75-73-68(29-27-61-64(43-84)72(78(87)90-74(61)73)53(31-35-82)44-88-2)92-80(76(75)91-77(57)86)33-9-32-79(34-30-49(48)39-62(51)59)66-28-23-46-10-3-5-14-58(46)63(66)41-69(79)80/h3-6,8,10-11,14-20,22-24,26-29,36,38-39,50,53-56,59,63,66,69,75-76,82-84H,7,9,12-13,21,25,30-35,37,40-44H2,1-2H3. The summed E-state index contributed by atoms with van der Waals surface area (Å²) in [4.78, 5) is 47.3. The maximum absolute atomic E-state index is 16.3. The number of carbonyl (C=O) groups is 2. The van der Waals surface area contributed by atoms with Gasteiger partial charge in [0.1, 0.15) is 11.3 Å². The van der Waals surface area contributed by atoms with Crippen LogP contribution < -0.4 is 10.4 Å². The average Bonchev–Trinajstić information content (AvgIpc) is 1.10. The second kappa shape index (κ2) is 22.2. The number of ether oxygens (including phenoxy) is 4. The van der Waals surface area contributed by atoms with E-state index in [1.54, 1.807) is 6.92 Å². The van der Waals surface area contributed by atoms with E-state index in [1.807, 2.05) is 12.1 Å². The molecule has 0 saturated heterocycles. The molecule has 0 radical (unpaired) electrons. The van der Waals surface area contributed by atoms with Crippen LogP contribution in [0.4, 0.5) is 0 Å². The molecule has 14 atom stereocenters. The highest BCUT2D eigenvalue weighted by Gasteiger charge is 2.70. The third kappa shape index (κ3) is 8.49. The molecule has 4 heterocycles. The van der Waals surface area contributed by atoms with Crippen LogP contribution in [-0.2, 0) is 48.7 Å². The van der Waals surface area contributed by atoms with Gasteiger partial charge < -0.3 is 38.7 Å². The van der Waals surface area contributed by atoms with Crippen molar-refractivity contribution in [3.63, 3.8) is 0 Å². The number of rotatable bonds is 7. The van der Waals surface area contributed by atoms with E-state index in [2.05, 4.69) is 134 Å². The highest BCUT2D eigenvalue weighted by Crippen LogP contribution is 2.71. The number of aliphatic hydroxyl groups is 3. The van der Waals surface area contributed by atoms with Crippen LogP contribution in [-0.4, -0.2) is 65.9 Å². The normalized spacial score (nSPS) is 32.3. The van der Waals surface area contributed by atoms with E-state index in [9.17, 15) is 20.1 Å². The maximum atomic E-state index is 16.3. The van der Waals surface area contributed by atoms with Crippen LogP contribution in [0, 0.1) is 35.0 Å². The lowest BCUT2D eigenvalue weighted by Gasteiger charge is -2.58. The molecule has 3 fully saturated rings. The van der Waals surface area contributed by atoms with Gasteiger partial charge in [-0.3, -0.25) is 4.79 Å². The van der Waals surface area contributed by atoms with Crippen molar-refractivity contribution in [1.29, 1.82) is 0 Å². The van der Waals surface area contributed by atoms with Gasteiger partial charge in [-0.25, -0.2) is 9.59 Å². The molecule has 470 valence electrons. The average molecular weight is 1230 g/mol. The van der Waals surface area contributed by atoms with E-state index in [4.69, 9.17) is 23.4 Å². The molecule has 11 heteroatoms. The Morgan fingerprint density at radius 1 is 0.739 bits per heavy atom.